The minimum Gasteiger partial charge on any atom is -0.304 e. The Morgan fingerprint density at radius 2 is 2.38 bits per heavy atom. The standard InChI is InChI=1S/C10H8BrN3O2/c11-7-1-2-8-10(9(15)3-4-13-16)12-6-14(8)5-7/h1-6,13,16H. The zero-order chi connectivity index (χ0) is 11.5. The molecular formula is C10H8BrN3O2. The number of halogens is 1. The fraction of sp³-hybridized carbons (Fsp3) is 0. The van der Waals surface area contributed by atoms with Crippen LogP contribution in [0.1, 0.15) is 10.5 Å². The summed E-state index contributed by atoms with van der Waals surface area (Å²) in [6.45, 7) is 0. The smallest absolute Gasteiger partial charge is 0.207 e. The van der Waals surface area contributed by atoms with E-state index in [0.717, 1.165) is 16.2 Å². The second-order valence-electron chi connectivity index (χ2n) is 3.06. The first-order chi connectivity index (χ1) is 7.72. The van der Waals surface area contributed by atoms with Gasteiger partial charge in [-0.15, -0.1) is 0 Å². The van der Waals surface area contributed by atoms with Crippen LogP contribution in [0.5, 0.6) is 0 Å². The highest BCUT2D eigenvalue weighted by molar-refractivity contribution is 9.10. The van der Waals surface area contributed by atoms with Gasteiger partial charge in [-0.25, -0.2) is 4.98 Å². The van der Waals surface area contributed by atoms with Crippen LogP contribution in [0.4, 0.5) is 0 Å². The quantitative estimate of drug-likeness (QED) is 0.511. The van der Waals surface area contributed by atoms with E-state index in [0.29, 0.717) is 5.69 Å². The van der Waals surface area contributed by atoms with Crippen molar-refractivity contribution in [3.05, 3.63) is 47.1 Å². The van der Waals surface area contributed by atoms with Crippen LogP contribution in [0.3, 0.4) is 0 Å². The molecule has 0 saturated carbocycles. The number of rotatable bonds is 3. The maximum atomic E-state index is 11.6. The van der Waals surface area contributed by atoms with Gasteiger partial charge in [-0.2, -0.15) is 0 Å². The van der Waals surface area contributed by atoms with Crippen LogP contribution in [0.25, 0.3) is 5.52 Å². The molecule has 5 nitrogen and oxygen atoms in total. The fourth-order valence-corrected chi connectivity index (χ4v) is 1.71. The van der Waals surface area contributed by atoms with Crippen molar-refractivity contribution in [2.24, 2.45) is 0 Å². The first kappa shape index (κ1) is 10.8. The zero-order valence-electron chi connectivity index (χ0n) is 8.09. The van der Waals surface area contributed by atoms with Crippen LogP contribution in [-0.2, 0) is 0 Å². The van der Waals surface area contributed by atoms with E-state index in [1.54, 1.807) is 22.3 Å². The van der Waals surface area contributed by atoms with Crippen LogP contribution in [0.2, 0.25) is 0 Å². The lowest BCUT2D eigenvalue weighted by atomic mass is 10.2. The molecule has 0 saturated heterocycles. The van der Waals surface area contributed by atoms with Crippen LogP contribution in [0.15, 0.2) is 41.4 Å². The fourth-order valence-electron chi connectivity index (χ4n) is 1.35. The summed E-state index contributed by atoms with van der Waals surface area (Å²) >= 11 is 3.33. The summed E-state index contributed by atoms with van der Waals surface area (Å²) in [5.74, 6) is -0.272. The number of nitrogens with one attached hydrogen (secondary N) is 1. The third-order valence-corrected chi connectivity index (χ3v) is 2.51. The number of pyridine rings is 1. The van der Waals surface area contributed by atoms with Gasteiger partial charge in [0.15, 0.2) is 0 Å². The van der Waals surface area contributed by atoms with Gasteiger partial charge in [0.05, 0.1) is 5.52 Å². The Kier molecular flexibility index (Phi) is 3.02. The Balaban J connectivity index is 2.46. The predicted octanol–water partition coefficient (Wildman–Crippen LogP) is 1.77. The number of aromatic nitrogens is 2. The van der Waals surface area contributed by atoms with Crippen molar-refractivity contribution in [1.82, 2.24) is 14.9 Å². The number of ketones is 1. The molecule has 0 radical (unpaired) electrons. The minimum atomic E-state index is -0.272. The van der Waals surface area contributed by atoms with Crippen molar-refractivity contribution in [3.63, 3.8) is 0 Å². The number of imidazole rings is 1. The van der Waals surface area contributed by atoms with Crippen molar-refractivity contribution in [2.45, 2.75) is 0 Å². The van der Waals surface area contributed by atoms with Gasteiger partial charge in [0, 0.05) is 22.9 Å². The van der Waals surface area contributed by atoms with E-state index in [9.17, 15) is 4.79 Å². The van der Waals surface area contributed by atoms with Crippen molar-refractivity contribution >= 4 is 27.2 Å². The second-order valence-corrected chi connectivity index (χ2v) is 3.98. The van der Waals surface area contributed by atoms with Crippen molar-refractivity contribution < 1.29 is 10.0 Å². The Labute approximate surface area is 99.5 Å². The largest absolute Gasteiger partial charge is 0.304 e. The number of hydroxylamine groups is 1. The highest BCUT2D eigenvalue weighted by Crippen LogP contribution is 2.15. The summed E-state index contributed by atoms with van der Waals surface area (Å²) < 4.78 is 2.65. The maximum absolute atomic E-state index is 11.6. The van der Waals surface area contributed by atoms with Gasteiger partial charge in [0.2, 0.25) is 5.78 Å². The number of allylic oxidation sites excluding steroid dienone is 1. The van der Waals surface area contributed by atoms with E-state index in [1.807, 2.05) is 12.3 Å². The van der Waals surface area contributed by atoms with Crippen LogP contribution < -0.4 is 5.48 Å². The molecule has 16 heavy (non-hydrogen) atoms. The molecule has 0 aromatic carbocycles. The van der Waals surface area contributed by atoms with Gasteiger partial charge in [-0.3, -0.25) is 15.5 Å². The Hall–Kier alpha value is -1.66. The van der Waals surface area contributed by atoms with Gasteiger partial charge in [0.1, 0.15) is 12.0 Å². The number of hydrogen-bond acceptors (Lipinski definition) is 4. The third-order valence-electron chi connectivity index (χ3n) is 2.04. The molecule has 0 atom stereocenters. The van der Waals surface area contributed by atoms with Crippen molar-refractivity contribution in [3.8, 4) is 0 Å². The second kappa shape index (κ2) is 4.46. The van der Waals surface area contributed by atoms with Gasteiger partial charge in [-0.05, 0) is 28.1 Å². The summed E-state index contributed by atoms with van der Waals surface area (Å²) in [7, 11) is 0. The maximum Gasteiger partial charge on any atom is 0.207 e. The van der Waals surface area contributed by atoms with Crippen LogP contribution >= 0.6 is 15.9 Å². The number of hydrogen-bond donors (Lipinski definition) is 2. The summed E-state index contributed by atoms with van der Waals surface area (Å²) in [5.41, 5.74) is 2.84. The SMILES string of the molecule is O=C(C=CNO)c1ncn2cc(Br)ccc12. The summed E-state index contributed by atoms with van der Waals surface area (Å²) in [4.78, 5) is 15.7. The topological polar surface area (TPSA) is 66.6 Å². The molecule has 0 bridgehead atoms. The molecule has 0 fully saturated rings. The molecule has 2 rings (SSSR count). The molecule has 0 spiro atoms. The molecular weight excluding hydrogens is 274 g/mol. The number of carbonyl (C=O) groups is 1. The third kappa shape index (κ3) is 1.98. The first-order valence-electron chi connectivity index (χ1n) is 4.45. The molecule has 0 amide bonds. The van der Waals surface area contributed by atoms with Crippen molar-refractivity contribution in [1.29, 1.82) is 0 Å². The predicted molar refractivity (Wildman–Crippen MR) is 61.3 cm³/mol. The molecule has 0 unspecified atom stereocenters. The molecule has 0 aliphatic rings. The molecule has 2 heterocycles. The summed E-state index contributed by atoms with van der Waals surface area (Å²) in [6.07, 6.45) is 5.73. The minimum absolute atomic E-state index is 0.272. The summed E-state index contributed by atoms with van der Waals surface area (Å²) in [6, 6.07) is 3.63. The van der Waals surface area contributed by atoms with E-state index in [4.69, 9.17) is 5.21 Å². The van der Waals surface area contributed by atoms with Gasteiger partial charge >= 0.3 is 0 Å². The number of carbonyl (C=O) groups excluding carboxylic acids is 1. The lowest BCUT2D eigenvalue weighted by Crippen LogP contribution is -2.00. The molecule has 0 aliphatic heterocycles. The molecule has 6 heteroatoms. The normalized spacial score (nSPS) is 11.1. The number of fused-ring (bicyclic) bond motifs is 1. The summed E-state index contributed by atoms with van der Waals surface area (Å²) in [5, 5.41) is 8.34. The van der Waals surface area contributed by atoms with Gasteiger partial charge in [0.25, 0.3) is 0 Å². The highest BCUT2D eigenvalue weighted by Gasteiger charge is 2.10. The lowest BCUT2D eigenvalue weighted by Gasteiger charge is -1.95. The molecule has 0 aliphatic carbocycles. The molecule has 82 valence electrons. The highest BCUT2D eigenvalue weighted by atomic mass is 79.9. The van der Waals surface area contributed by atoms with Crippen LogP contribution in [0, 0.1) is 0 Å². The Morgan fingerprint density at radius 3 is 3.12 bits per heavy atom. The molecule has 2 N–H and O–H groups in total. The molecule has 2 aromatic heterocycles. The first-order valence-corrected chi connectivity index (χ1v) is 5.24. The Morgan fingerprint density at radius 1 is 1.56 bits per heavy atom. The van der Waals surface area contributed by atoms with Gasteiger partial charge < -0.3 is 4.40 Å². The van der Waals surface area contributed by atoms with Crippen LogP contribution in [-0.4, -0.2) is 20.4 Å². The van der Waals surface area contributed by atoms with Gasteiger partial charge in [-0.1, -0.05) is 0 Å². The average molecular weight is 282 g/mol. The lowest BCUT2D eigenvalue weighted by molar-refractivity contribution is 0.104. The monoisotopic (exact) mass is 281 g/mol. The van der Waals surface area contributed by atoms with E-state index in [-0.39, 0.29) is 5.78 Å². The van der Waals surface area contributed by atoms with Crippen molar-refractivity contribution in [2.75, 3.05) is 0 Å². The van der Waals surface area contributed by atoms with E-state index < -0.39 is 0 Å². The zero-order valence-corrected chi connectivity index (χ0v) is 9.68. The van der Waals surface area contributed by atoms with E-state index in [2.05, 4.69) is 20.9 Å². The van der Waals surface area contributed by atoms with E-state index in [1.165, 1.54) is 6.08 Å². The Bertz CT molecular complexity index is 562. The molecule has 2 aromatic rings. The van der Waals surface area contributed by atoms with E-state index >= 15 is 0 Å². The number of nitrogens with zero attached hydrogens (tertiary/aromatic N) is 2. The average Bonchev–Trinajstić information content (AvgIpc) is 2.68.